The van der Waals surface area contributed by atoms with Gasteiger partial charge in [-0.3, -0.25) is 14.4 Å². The highest BCUT2D eigenvalue weighted by molar-refractivity contribution is 6.23. The van der Waals surface area contributed by atoms with Crippen LogP contribution < -0.4 is 4.90 Å². The summed E-state index contributed by atoms with van der Waals surface area (Å²) in [6.45, 7) is 9.21. The molecule has 4 rings (SSSR count). The molecule has 33 heavy (non-hydrogen) atoms. The third-order valence-corrected chi connectivity index (χ3v) is 8.02. The Labute approximate surface area is 194 Å². The highest BCUT2D eigenvalue weighted by Crippen LogP contribution is 2.69. The van der Waals surface area contributed by atoms with Crippen molar-refractivity contribution in [3.63, 3.8) is 0 Å². The van der Waals surface area contributed by atoms with E-state index in [4.69, 9.17) is 9.47 Å². The molecule has 8 heteroatoms. The van der Waals surface area contributed by atoms with Crippen molar-refractivity contribution in [1.29, 1.82) is 0 Å². The molecule has 178 valence electrons. The molecule has 2 atom stereocenters. The van der Waals surface area contributed by atoms with Crippen LogP contribution in [0.4, 0.5) is 5.69 Å². The molecule has 2 saturated heterocycles. The maximum absolute atomic E-state index is 13.7. The summed E-state index contributed by atoms with van der Waals surface area (Å²) in [5.74, 6) is -1.59. The predicted molar refractivity (Wildman–Crippen MR) is 120 cm³/mol. The Balaban J connectivity index is 1.60. The van der Waals surface area contributed by atoms with Crippen LogP contribution in [0.1, 0.15) is 57.3 Å². The van der Waals surface area contributed by atoms with Gasteiger partial charge in [0.1, 0.15) is 6.04 Å². The van der Waals surface area contributed by atoms with Gasteiger partial charge >= 0.3 is 5.97 Å². The Morgan fingerprint density at radius 2 is 1.76 bits per heavy atom. The number of amides is 3. The molecule has 1 saturated carbocycles. The van der Waals surface area contributed by atoms with E-state index in [2.05, 4.69) is 27.7 Å². The van der Waals surface area contributed by atoms with E-state index in [9.17, 15) is 19.2 Å². The second kappa shape index (κ2) is 8.24. The van der Waals surface area contributed by atoms with E-state index in [0.717, 1.165) is 17.7 Å². The number of carbonyl (C=O) groups is 4. The molecule has 1 aliphatic carbocycles. The Kier molecular flexibility index (Phi) is 5.85. The lowest BCUT2D eigenvalue weighted by molar-refractivity contribution is -0.142. The Hall–Kier alpha value is -2.74. The maximum Gasteiger partial charge on any atom is 0.337 e. The number of benzene rings is 1. The van der Waals surface area contributed by atoms with Crippen molar-refractivity contribution >= 4 is 29.4 Å². The first-order chi connectivity index (χ1) is 15.5. The van der Waals surface area contributed by atoms with E-state index in [0.29, 0.717) is 24.4 Å². The molecular formula is C25H32N2O6. The van der Waals surface area contributed by atoms with E-state index in [1.165, 1.54) is 19.2 Å². The van der Waals surface area contributed by atoms with E-state index >= 15 is 0 Å². The summed E-state index contributed by atoms with van der Waals surface area (Å²) in [6.07, 6.45) is 1.55. The summed E-state index contributed by atoms with van der Waals surface area (Å²) in [6, 6.07) is 5.26. The van der Waals surface area contributed by atoms with Crippen LogP contribution in [0.15, 0.2) is 24.3 Å². The summed E-state index contributed by atoms with van der Waals surface area (Å²) in [5.41, 5.74) is 0.323. The average molecular weight is 457 g/mol. The van der Waals surface area contributed by atoms with E-state index in [1.54, 1.807) is 17.0 Å². The minimum atomic E-state index is -0.860. The topological polar surface area (TPSA) is 93.2 Å². The van der Waals surface area contributed by atoms with Gasteiger partial charge in [-0.25, -0.2) is 9.69 Å². The molecule has 3 aliphatic rings. The first kappa shape index (κ1) is 23.4. The summed E-state index contributed by atoms with van der Waals surface area (Å²) in [4.78, 5) is 54.5. The number of nitrogens with zero attached hydrogens (tertiary/aromatic N) is 2. The number of methoxy groups -OCH3 is 1. The highest BCUT2D eigenvalue weighted by Gasteiger charge is 2.69. The summed E-state index contributed by atoms with van der Waals surface area (Å²) >= 11 is 0. The Morgan fingerprint density at radius 3 is 2.27 bits per heavy atom. The lowest BCUT2D eigenvalue weighted by Crippen LogP contribution is -2.49. The van der Waals surface area contributed by atoms with Gasteiger partial charge in [0, 0.05) is 19.1 Å². The number of hydrogen-bond acceptors (Lipinski definition) is 6. The van der Waals surface area contributed by atoms with Crippen LogP contribution in [0, 0.1) is 16.7 Å². The van der Waals surface area contributed by atoms with E-state index < -0.39 is 17.9 Å². The van der Waals surface area contributed by atoms with E-state index in [-0.39, 0.29) is 41.1 Å². The van der Waals surface area contributed by atoms with Gasteiger partial charge in [0.05, 0.1) is 30.9 Å². The van der Waals surface area contributed by atoms with Gasteiger partial charge < -0.3 is 14.4 Å². The largest absolute Gasteiger partial charge is 0.465 e. The lowest BCUT2D eigenvalue weighted by Gasteiger charge is -2.30. The van der Waals surface area contributed by atoms with E-state index in [1.807, 2.05) is 0 Å². The van der Waals surface area contributed by atoms with Crippen LogP contribution in [-0.4, -0.2) is 61.0 Å². The first-order valence-electron chi connectivity index (χ1n) is 11.5. The number of anilines is 1. The first-order valence-corrected chi connectivity index (χ1v) is 11.5. The molecule has 0 bridgehead atoms. The Morgan fingerprint density at radius 1 is 1.12 bits per heavy atom. The van der Waals surface area contributed by atoms with Gasteiger partial charge in [0.2, 0.25) is 11.8 Å². The number of imide groups is 1. The maximum atomic E-state index is 13.7. The molecule has 2 unspecified atom stereocenters. The number of carbonyl (C=O) groups excluding carboxylic acids is 4. The standard InChI is InChI=1S/C25H32N2O6/c1-24(2)20(25(24,3)4)22(30)26(14-17-7-6-12-33-17)18-13-19(28)27(21(18)29)16-10-8-15(9-11-16)23(31)32-5/h8-11,17-18,20H,6-7,12-14H2,1-5H3. The van der Waals surface area contributed by atoms with Crippen LogP contribution >= 0.6 is 0 Å². The van der Waals surface area contributed by atoms with Gasteiger partial charge in [-0.05, 0) is 47.9 Å². The molecule has 0 spiro atoms. The van der Waals surface area contributed by atoms with Crippen molar-refractivity contribution in [1.82, 2.24) is 4.90 Å². The predicted octanol–water partition coefficient (Wildman–Crippen LogP) is 2.79. The molecule has 8 nitrogen and oxygen atoms in total. The van der Waals surface area contributed by atoms with Gasteiger partial charge in [0.15, 0.2) is 0 Å². The average Bonchev–Trinajstić information content (AvgIpc) is 3.19. The molecule has 2 heterocycles. The number of hydrogen-bond donors (Lipinski definition) is 0. The van der Waals surface area contributed by atoms with Crippen LogP contribution in [0.3, 0.4) is 0 Å². The van der Waals surface area contributed by atoms with Crippen LogP contribution in [0.5, 0.6) is 0 Å². The molecule has 0 radical (unpaired) electrons. The Bertz CT molecular complexity index is 963. The van der Waals surface area contributed by atoms with Gasteiger partial charge in [-0.15, -0.1) is 0 Å². The van der Waals surface area contributed by atoms with Crippen molar-refractivity contribution in [3.8, 4) is 0 Å². The number of esters is 1. The molecule has 3 fully saturated rings. The smallest absolute Gasteiger partial charge is 0.337 e. The third-order valence-electron chi connectivity index (χ3n) is 8.02. The number of rotatable bonds is 6. The van der Waals surface area contributed by atoms with Crippen molar-refractivity contribution in [2.45, 2.75) is 59.1 Å². The van der Waals surface area contributed by atoms with Crippen LogP contribution in [0.2, 0.25) is 0 Å². The van der Waals surface area contributed by atoms with Gasteiger partial charge in [-0.1, -0.05) is 27.7 Å². The van der Waals surface area contributed by atoms with Crippen LogP contribution in [-0.2, 0) is 23.9 Å². The fourth-order valence-electron chi connectivity index (χ4n) is 5.35. The molecular weight excluding hydrogens is 424 g/mol. The van der Waals surface area contributed by atoms with Gasteiger partial charge in [-0.2, -0.15) is 0 Å². The van der Waals surface area contributed by atoms with Crippen molar-refractivity contribution in [3.05, 3.63) is 29.8 Å². The third kappa shape index (κ3) is 3.84. The second-order valence-electron chi connectivity index (χ2n) is 10.3. The molecule has 1 aromatic rings. The monoisotopic (exact) mass is 456 g/mol. The van der Waals surface area contributed by atoms with Gasteiger partial charge in [0.25, 0.3) is 5.91 Å². The normalized spacial score (nSPS) is 25.9. The quantitative estimate of drug-likeness (QED) is 0.483. The SMILES string of the molecule is COC(=O)c1ccc(N2C(=O)CC(N(CC3CCCO3)C(=O)C3C(C)(C)C3(C)C)C2=O)cc1. The molecule has 0 N–H and O–H groups in total. The minimum absolute atomic E-state index is 0.0658. The zero-order valence-corrected chi connectivity index (χ0v) is 19.9. The molecule has 3 amide bonds. The van der Waals surface area contributed by atoms with Crippen molar-refractivity contribution in [2.75, 3.05) is 25.2 Å². The molecule has 2 aliphatic heterocycles. The highest BCUT2D eigenvalue weighted by atomic mass is 16.5. The lowest BCUT2D eigenvalue weighted by atomic mass is 10.0. The minimum Gasteiger partial charge on any atom is -0.465 e. The number of ether oxygens (including phenoxy) is 2. The fraction of sp³-hybridized carbons (Fsp3) is 0.600. The zero-order valence-electron chi connectivity index (χ0n) is 19.9. The molecule has 0 aromatic heterocycles. The molecule has 1 aromatic carbocycles. The van der Waals surface area contributed by atoms with Crippen molar-refractivity contribution < 1.29 is 28.7 Å². The summed E-state index contributed by atoms with van der Waals surface area (Å²) in [7, 11) is 1.29. The summed E-state index contributed by atoms with van der Waals surface area (Å²) < 4.78 is 10.5. The second-order valence-corrected chi connectivity index (χ2v) is 10.3. The van der Waals surface area contributed by atoms with Crippen LogP contribution in [0.25, 0.3) is 0 Å². The van der Waals surface area contributed by atoms with Crippen molar-refractivity contribution in [2.24, 2.45) is 16.7 Å². The fourth-order valence-corrected chi connectivity index (χ4v) is 5.35. The zero-order chi connectivity index (χ0) is 24.1. The summed E-state index contributed by atoms with van der Waals surface area (Å²) in [5, 5.41) is 0.